The lowest BCUT2D eigenvalue weighted by molar-refractivity contribution is -0.215. The van der Waals surface area contributed by atoms with Crippen molar-refractivity contribution < 1.29 is 85.2 Å². The van der Waals surface area contributed by atoms with Gasteiger partial charge in [-0.3, -0.25) is 19.2 Å². The van der Waals surface area contributed by atoms with Gasteiger partial charge in [0.2, 0.25) is 0 Å². The van der Waals surface area contributed by atoms with Crippen LogP contribution >= 0.6 is 0 Å². The van der Waals surface area contributed by atoms with E-state index >= 15 is 0 Å². The lowest BCUT2D eigenvalue weighted by Gasteiger charge is -2.63. The zero-order valence-corrected chi connectivity index (χ0v) is 63.6. The van der Waals surface area contributed by atoms with Crippen LogP contribution in [-0.2, 0) is 61.8 Å². The van der Waals surface area contributed by atoms with Crippen molar-refractivity contribution >= 4 is 23.7 Å². The highest BCUT2D eigenvalue weighted by Crippen LogP contribution is 2.73. The van der Waals surface area contributed by atoms with Crippen molar-refractivity contribution in [2.75, 3.05) is 63.0 Å². The van der Waals surface area contributed by atoms with E-state index in [4.69, 9.17) is 42.6 Å². The zero-order valence-electron chi connectivity index (χ0n) is 63.6. The van der Waals surface area contributed by atoms with E-state index in [1.807, 2.05) is 0 Å². The quantitative estimate of drug-likeness (QED) is 0.0626. The number of hydrogen-bond acceptors (Lipinski definition) is 15. The van der Waals surface area contributed by atoms with Gasteiger partial charge in [0.15, 0.2) is 12.0 Å². The van der Waals surface area contributed by atoms with E-state index in [0.717, 1.165) is 83.5 Å². The number of halogens is 3. The molecule has 0 saturated heterocycles. The van der Waals surface area contributed by atoms with Gasteiger partial charge in [-0.1, -0.05) is 62.3 Å². The van der Waals surface area contributed by atoms with Gasteiger partial charge in [0, 0.05) is 47.0 Å². The predicted octanol–water partition coefficient (Wildman–Crippen LogP) is 15.6. The highest BCUT2D eigenvalue weighted by Gasteiger charge is 2.68. The average Bonchev–Trinajstić information content (AvgIpc) is 1.71. The first-order valence-electron chi connectivity index (χ1n) is 39.3. The molecule has 0 heterocycles. The normalized spacial score (nSPS) is 47.1. The second-order valence-corrected chi connectivity index (χ2v) is 36.4. The predicted molar refractivity (Wildman–Crippen MR) is 371 cm³/mol. The van der Waals surface area contributed by atoms with Crippen molar-refractivity contribution in [3.05, 3.63) is 0 Å². The standard InChI is InChI=1S/2C27H45FO5.C27H43FO5/c3*1-16(6-9-24(30)32-5)18-7-8-19-25-20(10-11-26(18,19)2)27(3)14-21(28)22(29)12-17(27)13-23(25)33-15-31-4/h2*16-23,25,29H,6-15H2,1-5H3;16-21,23,25H,6-15H2,1-5H3/t16-,17+,18-,19?,20?,21+,22+,23-,25?,26-,27+;16-,17+,18-,19?,20?,21+,22-,23-,25?,26-,27+;16-,17+,18-,19?,20?,21+,23-,25?,26-,27+/m111/s1. The summed E-state index contributed by atoms with van der Waals surface area (Å²) >= 11 is 0. The lowest BCUT2D eigenvalue weighted by Crippen LogP contribution is -2.60. The van der Waals surface area contributed by atoms with Gasteiger partial charge in [0.25, 0.3) is 0 Å². The van der Waals surface area contributed by atoms with E-state index in [2.05, 4.69) is 62.3 Å². The molecule has 0 spiro atoms. The first kappa shape index (κ1) is 79.1. The van der Waals surface area contributed by atoms with Gasteiger partial charge in [-0.15, -0.1) is 0 Å². The Hall–Kier alpha value is -2.45. The topological polar surface area (TPSA) is 192 Å². The molecule has 32 atom stereocenters. The second-order valence-electron chi connectivity index (χ2n) is 36.4. The Bertz CT molecular complexity index is 2590. The van der Waals surface area contributed by atoms with Crippen LogP contribution in [0, 0.1) is 139 Å². The van der Waals surface area contributed by atoms with Gasteiger partial charge in [0.05, 0.1) is 51.8 Å². The minimum absolute atomic E-state index is 0.0609. The number of carbonyl (C=O) groups is 4. The Kier molecular flexibility index (Phi) is 25.8. The molecule has 18 heteroatoms. The number of rotatable bonds is 21. The van der Waals surface area contributed by atoms with E-state index in [1.54, 1.807) is 21.3 Å². The number of aliphatic hydroxyl groups is 2. The molecule has 0 aromatic heterocycles. The number of ketones is 1. The summed E-state index contributed by atoms with van der Waals surface area (Å²) < 4.78 is 93.8. The van der Waals surface area contributed by atoms with Crippen LogP contribution in [0.4, 0.5) is 13.2 Å². The van der Waals surface area contributed by atoms with Gasteiger partial charge < -0.3 is 52.8 Å². The van der Waals surface area contributed by atoms with E-state index in [-0.39, 0.29) is 101 Å². The molecule has 9 unspecified atom stereocenters. The first-order chi connectivity index (χ1) is 47.0. The van der Waals surface area contributed by atoms with Crippen molar-refractivity contribution in [3.8, 4) is 0 Å². The Balaban J connectivity index is 0.000000161. The number of methoxy groups -OCH3 is 6. The van der Waals surface area contributed by atoms with Gasteiger partial charge in [-0.2, -0.15) is 0 Å². The fraction of sp³-hybridized carbons (Fsp3) is 0.951. The highest BCUT2D eigenvalue weighted by atomic mass is 19.1. The van der Waals surface area contributed by atoms with E-state index < -0.39 is 30.7 Å². The van der Waals surface area contributed by atoms with Crippen molar-refractivity contribution in [3.63, 3.8) is 0 Å². The van der Waals surface area contributed by atoms with Gasteiger partial charge in [0.1, 0.15) is 32.7 Å². The molecule has 0 radical (unpaired) electrons. The third kappa shape index (κ3) is 15.2. The summed E-state index contributed by atoms with van der Waals surface area (Å²) in [4.78, 5) is 47.5. The summed E-state index contributed by atoms with van der Waals surface area (Å²) in [6.07, 6.45) is 18.2. The second kappa shape index (κ2) is 32.3. The molecule has 0 aliphatic heterocycles. The van der Waals surface area contributed by atoms with Gasteiger partial charge in [-0.05, 0) is 287 Å². The van der Waals surface area contributed by atoms with Crippen molar-refractivity contribution in [2.45, 2.75) is 285 Å². The number of hydrogen-bond donors (Lipinski definition) is 2. The SMILES string of the molecule is COCO[C@@H]1C[C@@H]2CC(=O)[C@@H](F)C[C@]2(C)C2CC[C@@]3(C)C(CC[C@@H]3[C@H](C)CCC(=O)OC)C21.COCO[C@@H]1C[C@@H]2C[C@@H](O)[C@@H](F)C[C@]2(C)C2CC[C@@]3(C)C(CC[C@@H]3[C@H](C)CCC(=O)OC)C21.COCO[C@@H]1C[C@@H]2C[C@H](O)[C@@H](F)C[C@]2(C)C2CC[C@@]3(C)C(CC[C@@H]3[C@H](C)CCC(=O)OC)C21. The number of aliphatic hydroxyl groups excluding tert-OH is 2. The van der Waals surface area contributed by atoms with E-state index in [0.29, 0.717) is 158 Å². The van der Waals surface area contributed by atoms with Crippen LogP contribution in [0.5, 0.6) is 0 Å². The van der Waals surface area contributed by atoms with Gasteiger partial charge in [-0.25, -0.2) is 13.2 Å². The molecule has 15 nitrogen and oxygen atoms in total. The van der Waals surface area contributed by atoms with E-state index in [9.17, 15) is 42.6 Å². The minimum atomic E-state index is -1.31. The Morgan fingerprint density at radius 2 is 0.717 bits per heavy atom. The highest BCUT2D eigenvalue weighted by molar-refractivity contribution is 5.84. The lowest BCUT2D eigenvalue weighted by atomic mass is 9.43. The third-order valence-electron chi connectivity index (χ3n) is 32.3. The molecule has 568 valence electrons. The summed E-state index contributed by atoms with van der Waals surface area (Å²) in [5, 5.41) is 20.6. The largest absolute Gasteiger partial charge is 0.469 e. The maximum atomic E-state index is 14.8. The van der Waals surface area contributed by atoms with Crippen molar-refractivity contribution in [2.24, 2.45) is 139 Å². The third-order valence-corrected chi connectivity index (χ3v) is 32.3. The molecule has 0 amide bonds. The smallest absolute Gasteiger partial charge is 0.305 e. The summed E-state index contributed by atoms with van der Waals surface area (Å²) in [5.74, 6) is 7.38. The molecule has 12 aliphatic carbocycles. The van der Waals surface area contributed by atoms with Gasteiger partial charge >= 0.3 is 17.9 Å². The molecule has 0 aromatic carbocycles. The number of alkyl halides is 3. The maximum absolute atomic E-state index is 14.8. The Labute approximate surface area is 593 Å². The van der Waals surface area contributed by atoms with Crippen molar-refractivity contribution in [1.82, 2.24) is 0 Å². The molecule has 12 saturated carbocycles. The van der Waals surface area contributed by atoms with Crippen LogP contribution in [-0.4, -0.2) is 146 Å². The Morgan fingerprint density at radius 3 is 1.02 bits per heavy atom. The number of esters is 3. The van der Waals surface area contributed by atoms with Crippen LogP contribution in [0.3, 0.4) is 0 Å². The fourth-order valence-corrected chi connectivity index (χ4v) is 27.2. The minimum Gasteiger partial charge on any atom is -0.469 e. The number of ether oxygens (including phenoxy) is 9. The zero-order chi connectivity index (χ0) is 71.9. The molecule has 0 bridgehead atoms. The molecule has 12 aliphatic rings. The van der Waals surface area contributed by atoms with Crippen LogP contribution < -0.4 is 0 Å². The summed E-state index contributed by atoms with van der Waals surface area (Å²) in [7, 11) is 9.38. The molecule has 99 heavy (non-hydrogen) atoms. The molecule has 12 rings (SSSR count). The van der Waals surface area contributed by atoms with E-state index in [1.165, 1.54) is 53.4 Å². The van der Waals surface area contributed by atoms with Crippen LogP contribution in [0.25, 0.3) is 0 Å². The molecular formula is C81H133F3O15. The monoisotopic (exact) mass is 1400 g/mol. The molecule has 0 aromatic rings. The van der Waals surface area contributed by atoms with Crippen LogP contribution in [0.2, 0.25) is 0 Å². The first-order valence-corrected chi connectivity index (χ1v) is 39.3. The van der Waals surface area contributed by atoms with Crippen LogP contribution in [0.15, 0.2) is 0 Å². The number of Topliss-reactive ketones (excluding diaryl/α,β-unsaturated/α-hetero) is 1. The summed E-state index contributed by atoms with van der Waals surface area (Å²) in [5.41, 5.74) is 0.350. The molecule has 12 fully saturated rings. The summed E-state index contributed by atoms with van der Waals surface area (Å²) in [6, 6.07) is 0. The Morgan fingerprint density at radius 1 is 0.424 bits per heavy atom. The van der Waals surface area contributed by atoms with Crippen LogP contribution in [0.1, 0.15) is 236 Å². The summed E-state index contributed by atoms with van der Waals surface area (Å²) in [6.45, 7) is 22.0. The average molecular weight is 1400 g/mol. The van der Waals surface area contributed by atoms with Crippen molar-refractivity contribution in [1.29, 1.82) is 0 Å². The fourth-order valence-electron chi connectivity index (χ4n) is 27.2. The number of fused-ring (bicyclic) bond motifs is 15. The molecule has 2 N–H and O–H groups in total. The maximum Gasteiger partial charge on any atom is 0.305 e. The number of carbonyl (C=O) groups excluding carboxylic acids is 4. The molecular weight excluding hydrogens is 1270 g/mol.